The molecule has 6 nitrogen and oxygen atoms in total. The van der Waals surface area contributed by atoms with Crippen molar-refractivity contribution in [2.75, 3.05) is 26.3 Å². The molecular formula is C26H24ClFN4O2. The van der Waals surface area contributed by atoms with E-state index in [4.69, 9.17) is 21.6 Å². The number of carbonyl (C=O) groups is 1. The van der Waals surface area contributed by atoms with E-state index in [1.54, 1.807) is 24.3 Å². The van der Waals surface area contributed by atoms with Gasteiger partial charge in [0, 0.05) is 23.7 Å². The highest BCUT2D eigenvalue weighted by atomic mass is 35.5. The summed E-state index contributed by atoms with van der Waals surface area (Å²) >= 11 is 6.44. The smallest absolute Gasteiger partial charge is 0.254 e. The van der Waals surface area contributed by atoms with Gasteiger partial charge in [0.15, 0.2) is 5.67 Å². The zero-order valence-corrected chi connectivity index (χ0v) is 19.7. The van der Waals surface area contributed by atoms with Crippen molar-refractivity contribution < 1.29 is 13.9 Å². The van der Waals surface area contributed by atoms with Gasteiger partial charge in [0.25, 0.3) is 5.91 Å². The number of likely N-dealkylation sites (tertiary alicyclic amines) is 1. The number of hydrogen-bond acceptors (Lipinski definition) is 4. The van der Waals surface area contributed by atoms with Crippen LogP contribution in [0.5, 0.6) is 0 Å². The van der Waals surface area contributed by atoms with Gasteiger partial charge in [0.05, 0.1) is 31.3 Å². The number of hydrogen-bond donors (Lipinski definition) is 1. The number of rotatable bonds is 4. The molecule has 8 heteroatoms. The third-order valence-corrected chi connectivity index (χ3v) is 7.00. The van der Waals surface area contributed by atoms with Crippen molar-refractivity contribution in [1.82, 2.24) is 14.9 Å². The lowest BCUT2D eigenvalue weighted by atomic mass is 9.85. The van der Waals surface area contributed by atoms with E-state index in [1.807, 2.05) is 32.0 Å². The second-order valence-electron chi connectivity index (χ2n) is 9.12. The number of nitrogens with zero attached hydrogens (tertiary/aromatic N) is 3. The molecule has 174 valence electrons. The third-order valence-electron chi connectivity index (χ3n) is 6.73. The molecule has 1 N–H and O–H groups in total. The number of halogens is 2. The Labute approximate surface area is 202 Å². The van der Waals surface area contributed by atoms with Gasteiger partial charge >= 0.3 is 0 Å². The largest absolute Gasteiger partial charge is 0.381 e. The maximum Gasteiger partial charge on any atom is 0.254 e. The maximum absolute atomic E-state index is 15.4. The van der Waals surface area contributed by atoms with Crippen LogP contribution in [0.3, 0.4) is 0 Å². The van der Waals surface area contributed by atoms with Crippen molar-refractivity contribution in [1.29, 1.82) is 5.26 Å². The van der Waals surface area contributed by atoms with Gasteiger partial charge in [0.1, 0.15) is 16.7 Å². The molecule has 2 fully saturated rings. The molecule has 0 radical (unpaired) electrons. The van der Waals surface area contributed by atoms with Crippen LogP contribution in [0, 0.1) is 25.2 Å². The molecule has 3 aromatic rings. The molecule has 1 amide bonds. The predicted octanol–water partition coefficient (Wildman–Crippen LogP) is 5.04. The summed E-state index contributed by atoms with van der Waals surface area (Å²) < 4.78 is 21.1. The van der Waals surface area contributed by atoms with E-state index in [1.165, 1.54) is 4.90 Å². The average Bonchev–Trinajstić information content (AvgIpc) is 3.46. The highest BCUT2D eigenvalue weighted by Crippen LogP contribution is 2.40. The fourth-order valence-electron chi connectivity index (χ4n) is 4.82. The number of amides is 1. The Morgan fingerprint density at radius 2 is 2.03 bits per heavy atom. The van der Waals surface area contributed by atoms with Crippen LogP contribution in [0.25, 0.3) is 11.3 Å². The van der Waals surface area contributed by atoms with Gasteiger partial charge in [-0.05, 0) is 55.2 Å². The van der Waals surface area contributed by atoms with E-state index in [-0.39, 0.29) is 24.9 Å². The Hall–Kier alpha value is -3.21. The average molecular weight is 479 g/mol. The number of aryl methyl sites for hydroxylation is 2. The van der Waals surface area contributed by atoms with E-state index < -0.39 is 5.67 Å². The molecule has 2 aliphatic rings. The SMILES string of the molecule is Cc1nc(-c2cc(C(=O)N3CC(F)(c4ccc(C#N)cc4)C3)c(C)cc2C2CCOC2)c(Cl)[nH]1. The van der Waals surface area contributed by atoms with Gasteiger partial charge in [0.2, 0.25) is 0 Å². The minimum absolute atomic E-state index is 0.0347. The summed E-state index contributed by atoms with van der Waals surface area (Å²) in [5.74, 6) is 0.664. The Kier molecular flexibility index (Phi) is 5.67. The monoisotopic (exact) mass is 478 g/mol. The molecule has 34 heavy (non-hydrogen) atoms. The van der Waals surface area contributed by atoms with E-state index >= 15 is 4.39 Å². The van der Waals surface area contributed by atoms with Gasteiger partial charge in [-0.15, -0.1) is 0 Å². The zero-order valence-electron chi connectivity index (χ0n) is 19.0. The molecular weight excluding hydrogens is 455 g/mol. The lowest BCUT2D eigenvalue weighted by Gasteiger charge is -2.45. The van der Waals surface area contributed by atoms with E-state index in [0.29, 0.717) is 46.6 Å². The van der Waals surface area contributed by atoms with E-state index in [2.05, 4.69) is 9.97 Å². The van der Waals surface area contributed by atoms with Crippen LogP contribution in [-0.2, 0) is 10.4 Å². The number of nitriles is 1. The molecule has 0 saturated carbocycles. The standard InChI is InChI=1S/C26H24ClFN4O2/c1-15-9-21(18-7-8-34-12-18)22(23-24(27)31-16(2)30-23)10-20(15)25(33)32-13-26(28,14-32)19-5-3-17(11-29)4-6-19/h3-6,9-10,18H,7-8,12-14H2,1-2H3,(H,30,31). The first kappa shape index (κ1) is 22.6. The number of benzene rings is 2. The second-order valence-corrected chi connectivity index (χ2v) is 9.49. The molecule has 1 atom stereocenters. The molecule has 2 saturated heterocycles. The van der Waals surface area contributed by atoms with Gasteiger partial charge < -0.3 is 14.6 Å². The van der Waals surface area contributed by atoms with Gasteiger partial charge in [-0.1, -0.05) is 29.8 Å². The third kappa shape index (κ3) is 3.87. The lowest BCUT2D eigenvalue weighted by Crippen LogP contribution is -2.58. The zero-order chi connectivity index (χ0) is 24.0. The predicted molar refractivity (Wildman–Crippen MR) is 127 cm³/mol. The topological polar surface area (TPSA) is 82.0 Å². The minimum atomic E-state index is -1.62. The van der Waals surface area contributed by atoms with Crippen LogP contribution in [0.15, 0.2) is 36.4 Å². The summed E-state index contributed by atoms with van der Waals surface area (Å²) in [7, 11) is 0. The Morgan fingerprint density at radius 1 is 1.29 bits per heavy atom. The highest BCUT2D eigenvalue weighted by Gasteiger charge is 2.47. The number of carbonyl (C=O) groups excluding carboxylic acids is 1. The van der Waals surface area contributed by atoms with Crippen LogP contribution in [0.1, 0.15) is 50.8 Å². The first-order valence-electron chi connectivity index (χ1n) is 11.2. The first-order chi connectivity index (χ1) is 16.3. The van der Waals surface area contributed by atoms with Crippen molar-refractivity contribution in [2.45, 2.75) is 31.9 Å². The molecule has 0 spiro atoms. The minimum Gasteiger partial charge on any atom is -0.381 e. The van der Waals surface area contributed by atoms with Crippen molar-refractivity contribution >= 4 is 17.5 Å². The maximum atomic E-state index is 15.4. The van der Waals surface area contributed by atoms with Crippen molar-refractivity contribution in [3.8, 4) is 17.3 Å². The quantitative estimate of drug-likeness (QED) is 0.569. The van der Waals surface area contributed by atoms with Gasteiger partial charge in [-0.2, -0.15) is 5.26 Å². The second kappa shape index (κ2) is 8.53. The van der Waals surface area contributed by atoms with Crippen LogP contribution < -0.4 is 0 Å². The Balaban J connectivity index is 1.45. The highest BCUT2D eigenvalue weighted by molar-refractivity contribution is 6.32. The number of imidazole rings is 1. The molecule has 2 aromatic carbocycles. The fraction of sp³-hybridized carbons (Fsp3) is 0.346. The summed E-state index contributed by atoms with van der Waals surface area (Å²) in [5.41, 5.74) is 3.13. The molecule has 1 aromatic heterocycles. The molecule has 3 heterocycles. The van der Waals surface area contributed by atoms with Crippen molar-refractivity contribution in [2.24, 2.45) is 0 Å². The number of ether oxygens (including phenoxy) is 1. The summed E-state index contributed by atoms with van der Waals surface area (Å²) in [5, 5.41) is 9.39. The molecule has 1 unspecified atom stereocenters. The number of aromatic amines is 1. The van der Waals surface area contributed by atoms with Gasteiger partial charge in [-0.25, -0.2) is 9.37 Å². The van der Waals surface area contributed by atoms with Gasteiger partial charge in [-0.3, -0.25) is 4.79 Å². The number of aromatic nitrogens is 2. The van der Waals surface area contributed by atoms with Crippen LogP contribution in [0.2, 0.25) is 5.15 Å². The van der Waals surface area contributed by atoms with Crippen molar-refractivity contribution in [3.05, 3.63) is 75.2 Å². The summed E-state index contributed by atoms with van der Waals surface area (Å²) in [6.07, 6.45) is 0.891. The fourth-order valence-corrected chi connectivity index (χ4v) is 5.10. The van der Waals surface area contributed by atoms with Crippen LogP contribution >= 0.6 is 11.6 Å². The molecule has 0 bridgehead atoms. The van der Waals surface area contributed by atoms with E-state index in [0.717, 1.165) is 23.1 Å². The summed E-state index contributed by atoms with van der Waals surface area (Å²) in [6, 6.07) is 12.3. The Bertz CT molecular complexity index is 1300. The first-order valence-corrected chi connectivity index (χ1v) is 11.6. The van der Waals surface area contributed by atoms with Crippen LogP contribution in [-0.4, -0.2) is 47.1 Å². The molecule has 2 aliphatic heterocycles. The number of nitrogens with one attached hydrogen (secondary N) is 1. The number of alkyl halides is 1. The van der Waals surface area contributed by atoms with E-state index in [9.17, 15) is 4.79 Å². The molecule has 5 rings (SSSR count). The summed E-state index contributed by atoms with van der Waals surface area (Å²) in [4.78, 5) is 22.5. The Morgan fingerprint density at radius 3 is 2.62 bits per heavy atom. The van der Waals surface area contributed by atoms with Crippen molar-refractivity contribution in [3.63, 3.8) is 0 Å². The lowest BCUT2D eigenvalue weighted by molar-refractivity contribution is -0.0231. The van der Waals surface area contributed by atoms with Crippen LogP contribution in [0.4, 0.5) is 4.39 Å². The summed E-state index contributed by atoms with van der Waals surface area (Å²) in [6.45, 7) is 4.97. The molecule has 0 aliphatic carbocycles. The number of H-pyrrole nitrogens is 1. The normalized spacial score (nSPS) is 19.0.